The molecule has 4 nitrogen and oxygen atoms in total. The van der Waals surface area contributed by atoms with E-state index in [-0.39, 0.29) is 10.7 Å². The minimum Gasteiger partial charge on any atom is -0.292 e. The van der Waals surface area contributed by atoms with Gasteiger partial charge in [0.2, 0.25) is 10.0 Å². The van der Waals surface area contributed by atoms with Crippen LogP contribution in [0.25, 0.3) is 0 Å². The maximum absolute atomic E-state index is 12.9. The molecule has 23 heavy (non-hydrogen) atoms. The Balaban J connectivity index is 1.92. The van der Waals surface area contributed by atoms with Crippen molar-refractivity contribution in [2.24, 2.45) is 0 Å². The maximum atomic E-state index is 12.9. The predicted octanol–water partition coefficient (Wildman–Crippen LogP) is 3.49. The molecule has 0 aromatic heterocycles. The molecule has 6 heteroatoms. The Hall–Kier alpha value is -1.50. The molecule has 2 aromatic carbocycles. The van der Waals surface area contributed by atoms with Crippen molar-refractivity contribution in [3.63, 3.8) is 0 Å². The van der Waals surface area contributed by atoms with Crippen LogP contribution in [-0.4, -0.2) is 31.1 Å². The van der Waals surface area contributed by atoms with Crippen LogP contribution >= 0.6 is 15.9 Å². The quantitative estimate of drug-likeness (QED) is 0.747. The van der Waals surface area contributed by atoms with E-state index in [2.05, 4.69) is 15.9 Å². The van der Waals surface area contributed by atoms with Crippen molar-refractivity contribution < 1.29 is 13.2 Å². The zero-order chi connectivity index (χ0) is 16.4. The molecule has 1 aliphatic heterocycles. The van der Waals surface area contributed by atoms with Crippen LogP contribution in [0.15, 0.2) is 64.0 Å². The lowest BCUT2D eigenvalue weighted by Crippen LogP contribution is -2.40. The van der Waals surface area contributed by atoms with Crippen molar-refractivity contribution in [1.29, 1.82) is 0 Å². The lowest BCUT2D eigenvalue weighted by Gasteiger charge is -2.23. The van der Waals surface area contributed by atoms with Crippen LogP contribution in [0.5, 0.6) is 0 Å². The Morgan fingerprint density at radius 3 is 2.35 bits per heavy atom. The molecule has 1 unspecified atom stereocenters. The Bertz CT molecular complexity index is 803. The summed E-state index contributed by atoms with van der Waals surface area (Å²) >= 11 is 3.30. The minimum absolute atomic E-state index is 0.135. The van der Waals surface area contributed by atoms with Crippen molar-refractivity contribution in [3.8, 4) is 0 Å². The predicted molar refractivity (Wildman–Crippen MR) is 91.8 cm³/mol. The molecule has 0 spiro atoms. The van der Waals surface area contributed by atoms with Gasteiger partial charge in [0.05, 0.1) is 10.9 Å². The minimum atomic E-state index is -3.67. The molecular weight excluding hydrogens is 378 g/mol. The number of sulfonamides is 1. The molecule has 3 rings (SSSR count). The monoisotopic (exact) mass is 393 g/mol. The number of carbonyl (C=O) groups is 1. The second-order valence-electron chi connectivity index (χ2n) is 5.46. The number of Topliss-reactive ketones (excluding diaryl/α,β-unsaturated/α-hetero) is 1. The van der Waals surface area contributed by atoms with E-state index in [0.717, 1.165) is 4.47 Å². The van der Waals surface area contributed by atoms with Crippen LogP contribution in [0, 0.1) is 0 Å². The summed E-state index contributed by atoms with van der Waals surface area (Å²) in [6.45, 7) is 0.377. The molecule has 2 aromatic rings. The molecule has 0 aliphatic carbocycles. The van der Waals surface area contributed by atoms with Crippen molar-refractivity contribution in [3.05, 3.63) is 64.6 Å². The van der Waals surface area contributed by atoms with E-state index >= 15 is 0 Å². The third-order valence-corrected chi connectivity index (χ3v) is 6.44. The van der Waals surface area contributed by atoms with E-state index in [1.807, 2.05) is 6.07 Å². The van der Waals surface area contributed by atoms with Gasteiger partial charge in [-0.25, -0.2) is 8.42 Å². The highest BCUT2D eigenvalue weighted by Crippen LogP contribution is 2.28. The molecular formula is C17H16BrNO3S. The third-order valence-electron chi connectivity index (χ3n) is 3.98. The fraction of sp³-hybridized carbons (Fsp3) is 0.235. The van der Waals surface area contributed by atoms with Gasteiger partial charge in [-0.2, -0.15) is 4.31 Å². The van der Waals surface area contributed by atoms with E-state index in [0.29, 0.717) is 24.9 Å². The standard InChI is InChI=1S/C17H16BrNO3S/c18-14-8-10-15(11-9-14)23(21,22)19-12-4-7-16(19)17(20)13-5-2-1-3-6-13/h1-3,5-6,8-11,16H,4,7,12H2. The zero-order valence-corrected chi connectivity index (χ0v) is 14.8. The summed E-state index contributed by atoms with van der Waals surface area (Å²) in [5, 5.41) is 0. The van der Waals surface area contributed by atoms with Crippen LogP contribution in [0.3, 0.4) is 0 Å². The summed E-state index contributed by atoms with van der Waals surface area (Å²) in [6.07, 6.45) is 1.25. The Morgan fingerprint density at radius 2 is 1.70 bits per heavy atom. The zero-order valence-electron chi connectivity index (χ0n) is 12.4. The smallest absolute Gasteiger partial charge is 0.243 e. The first-order valence-electron chi connectivity index (χ1n) is 7.37. The second-order valence-corrected chi connectivity index (χ2v) is 8.26. The topological polar surface area (TPSA) is 54.5 Å². The highest BCUT2D eigenvalue weighted by Gasteiger charge is 2.39. The van der Waals surface area contributed by atoms with Gasteiger partial charge in [0, 0.05) is 16.6 Å². The van der Waals surface area contributed by atoms with E-state index in [9.17, 15) is 13.2 Å². The van der Waals surface area contributed by atoms with Crippen molar-refractivity contribution in [2.45, 2.75) is 23.8 Å². The number of benzene rings is 2. The SMILES string of the molecule is O=C(c1ccccc1)C1CCCN1S(=O)(=O)c1ccc(Br)cc1. The molecule has 0 N–H and O–H groups in total. The molecule has 0 amide bonds. The number of nitrogens with zero attached hydrogens (tertiary/aromatic N) is 1. The number of hydrogen-bond acceptors (Lipinski definition) is 3. The summed E-state index contributed by atoms with van der Waals surface area (Å²) in [5.41, 5.74) is 0.551. The van der Waals surface area contributed by atoms with Gasteiger partial charge in [-0.15, -0.1) is 0 Å². The Labute approximate surface area is 144 Å². The van der Waals surface area contributed by atoms with Gasteiger partial charge >= 0.3 is 0 Å². The Kier molecular flexibility index (Phi) is 4.66. The van der Waals surface area contributed by atoms with Gasteiger partial charge in [0.1, 0.15) is 0 Å². The number of halogens is 1. The van der Waals surface area contributed by atoms with Crippen molar-refractivity contribution in [1.82, 2.24) is 4.31 Å². The highest BCUT2D eigenvalue weighted by molar-refractivity contribution is 9.10. The summed E-state index contributed by atoms with van der Waals surface area (Å²) in [5.74, 6) is -0.135. The first-order valence-corrected chi connectivity index (χ1v) is 9.60. The van der Waals surface area contributed by atoms with E-state index in [1.165, 1.54) is 4.31 Å². The second kappa shape index (κ2) is 6.55. The van der Waals surface area contributed by atoms with Crippen molar-refractivity contribution >= 4 is 31.7 Å². The summed E-state index contributed by atoms with van der Waals surface area (Å²) in [6, 6.07) is 14.7. The average Bonchev–Trinajstić information content (AvgIpc) is 3.06. The van der Waals surface area contributed by atoms with Crippen molar-refractivity contribution in [2.75, 3.05) is 6.54 Å². The average molecular weight is 394 g/mol. The largest absolute Gasteiger partial charge is 0.292 e. The molecule has 1 aliphatic rings. The molecule has 1 heterocycles. The van der Waals surface area contributed by atoms with Crippen LogP contribution < -0.4 is 0 Å². The summed E-state index contributed by atoms with van der Waals surface area (Å²) < 4.78 is 27.9. The summed E-state index contributed by atoms with van der Waals surface area (Å²) in [7, 11) is -3.67. The lowest BCUT2D eigenvalue weighted by molar-refractivity contribution is 0.0918. The first-order chi connectivity index (χ1) is 11.0. The third kappa shape index (κ3) is 3.24. The number of hydrogen-bond donors (Lipinski definition) is 0. The molecule has 0 bridgehead atoms. The normalized spacial score (nSPS) is 18.9. The molecule has 1 atom stereocenters. The van der Waals surface area contributed by atoms with E-state index in [1.54, 1.807) is 48.5 Å². The maximum Gasteiger partial charge on any atom is 0.243 e. The Morgan fingerprint density at radius 1 is 1.04 bits per heavy atom. The molecule has 1 saturated heterocycles. The lowest BCUT2D eigenvalue weighted by atomic mass is 10.0. The van der Waals surface area contributed by atoms with Gasteiger partial charge in [0.15, 0.2) is 5.78 Å². The molecule has 1 fully saturated rings. The van der Waals surface area contributed by atoms with Crippen LogP contribution in [0.1, 0.15) is 23.2 Å². The van der Waals surface area contributed by atoms with Crippen LogP contribution in [0.2, 0.25) is 0 Å². The van der Waals surface area contributed by atoms with Gasteiger partial charge in [-0.3, -0.25) is 4.79 Å². The van der Waals surface area contributed by atoms with E-state index < -0.39 is 16.1 Å². The summed E-state index contributed by atoms with van der Waals surface area (Å²) in [4.78, 5) is 12.9. The number of ketones is 1. The van der Waals surface area contributed by atoms with Crippen LogP contribution in [-0.2, 0) is 10.0 Å². The molecule has 120 valence electrons. The van der Waals surface area contributed by atoms with E-state index in [4.69, 9.17) is 0 Å². The van der Waals surface area contributed by atoms with Crippen LogP contribution in [0.4, 0.5) is 0 Å². The highest BCUT2D eigenvalue weighted by atomic mass is 79.9. The number of rotatable bonds is 4. The van der Waals surface area contributed by atoms with Gasteiger partial charge in [-0.1, -0.05) is 46.3 Å². The molecule has 0 saturated carbocycles. The number of carbonyl (C=O) groups excluding carboxylic acids is 1. The molecule has 0 radical (unpaired) electrons. The van der Waals surface area contributed by atoms with Gasteiger partial charge in [-0.05, 0) is 37.1 Å². The van der Waals surface area contributed by atoms with Gasteiger partial charge in [0.25, 0.3) is 0 Å². The van der Waals surface area contributed by atoms with Gasteiger partial charge < -0.3 is 0 Å². The fourth-order valence-electron chi connectivity index (χ4n) is 2.83. The fourth-order valence-corrected chi connectivity index (χ4v) is 4.75. The first kappa shape index (κ1) is 16.4.